The molecule has 6 nitrogen and oxygen atoms in total. The van der Waals surface area contributed by atoms with Crippen LogP contribution in [-0.4, -0.2) is 51.4 Å². The zero-order chi connectivity index (χ0) is 21.6. The van der Waals surface area contributed by atoms with Gasteiger partial charge < -0.3 is 10.2 Å². The largest absolute Gasteiger partial charge is 0.346 e. The predicted octanol–water partition coefficient (Wildman–Crippen LogP) is 1.87. The fourth-order valence-corrected chi connectivity index (χ4v) is 5.60. The first-order valence-corrected chi connectivity index (χ1v) is 12.2. The molecule has 1 amide bonds. The summed E-state index contributed by atoms with van der Waals surface area (Å²) in [6.45, 7) is 7.89. The molecule has 1 aliphatic heterocycles. The van der Waals surface area contributed by atoms with Gasteiger partial charge in [-0.3, -0.25) is 4.79 Å². The first-order chi connectivity index (χ1) is 14.5. The number of amides is 1. The lowest BCUT2D eigenvalue weighted by molar-refractivity contribution is -0.927. The number of carbonyl (C=O) groups excluding carboxylic acids is 1. The monoisotopic (exact) mass is 430 g/mol. The molecule has 2 N–H and O–H groups in total. The number of benzene rings is 2. The van der Waals surface area contributed by atoms with Gasteiger partial charge in [-0.2, -0.15) is 4.31 Å². The number of sulfonamides is 1. The van der Waals surface area contributed by atoms with E-state index >= 15 is 0 Å². The first-order valence-electron chi connectivity index (χ1n) is 10.7. The highest BCUT2D eigenvalue weighted by molar-refractivity contribution is 7.89. The second-order valence-electron chi connectivity index (χ2n) is 7.67. The summed E-state index contributed by atoms with van der Waals surface area (Å²) < 4.78 is 26.8. The SMILES string of the molecule is CC[NH+](CC)[C@@H](CNC(=O)c1ccc(S(=O)(=O)N2CCCC2)cc1)c1ccccc1. The predicted molar refractivity (Wildman–Crippen MR) is 118 cm³/mol. The molecule has 0 radical (unpaired) electrons. The Hall–Kier alpha value is -2.22. The molecule has 2 aromatic carbocycles. The van der Waals surface area contributed by atoms with Crippen LogP contribution in [0.3, 0.4) is 0 Å². The van der Waals surface area contributed by atoms with Crippen molar-refractivity contribution < 1.29 is 18.1 Å². The van der Waals surface area contributed by atoms with E-state index in [-0.39, 0.29) is 16.8 Å². The maximum Gasteiger partial charge on any atom is 0.251 e. The molecule has 3 rings (SSSR count). The Morgan fingerprint density at radius 1 is 1.00 bits per heavy atom. The number of nitrogens with one attached hydrogen (secondary N) is 2. The van der Waals surface area contributed by atoms with Crippen molar-refractivity contribution in [1.82, 2.24) is 9.62 Å². The minimum absolute atomic E-state index is 0.167. The van der Waals surface area contributed by atoms with Crippen LogP contribution >= 0.6 is 0 Å². The van der Waals surface area contributed by atoms with Crippen LogP contribution in [0.5, 0.6) is 0 Å². The van der Waals surface area contributed by atoms with E-state index in [9.17, 15) is 13.2 Å². The van der Waals surface area contributed by atoms with Crippen molar-refractivity contribution in [2.45, 2.75) is 37.6 Å². The maximum atomic E-state index is 12.7. The normalized spacial score (nSPS) is 16.0. The number of hydrogen-bond acceptors (Lipinski definition) is 3. The second kappa shape index (κ2) is 10.2. The highest BCUT2D eigenvalue weighted by Gasteiger charge is 2.27. The number of likely N-dealkylation sites (N-methyl/N-ethyl adjacent to an activating group) is 1. The highest BCUT2D eigenvalue weighted by Crippen LogP contribution is 2.21. The van der Waals surface area contributed by atoms with Crippen LogP contribution in [0.4, 0.5) is 0 Å². The average molecular weight is 431 g/mol. The quantitative estimate of drug-likeness (QED) is 0.638. The number of nitrogens with zero attached hydrogens (tertiary/aromatic N) is 1. The van der Waals surface area contributed by atoms with Gasteiger partial charge in [0.2, 0.25) is 10.0 Å². The summed E-state index contributed by atoms with van der Waals surface area (Å²) >= 11 is 0. The Kier molecular flexibility index (Phi) is 7.64. The summed E-state index contributed by atoms with van der Waals surface area (Å²) in [5.41, 5.74) is 1.67. The van der Waals surface area contributed by atoms with E-state index in [1.54, 1.807) is 12.1 Å². The first kappa shape index (κ1) is 22.5. The van der Waals surface area contributed by atoms with Crippen LogP contribution in [0, 0.1) is 0 Å². The number of rotatable bonds is 9. The molecule has 0 aromatic heterocycles. The summed E-state index contributed by atoms with van der Waals surface area (Å²) in [7, 11) is -3.46. The third kappa shape index (κ3) is 5.09. The number of quaternary nitrogens is 1. The fraction of sp³-hybridized carbons (Fsp3) is 0.435. The summed E-state index contributed by atoms with van der Waals surface area (Å²) in [5.74, 6) is -0.187. The van der Waals surface area contributed by atoms with Gasteiger partial charge in [0, 0.05) is 24.2 Å². The topological polar surface area (TPSA) is 70.9 Å². The van der Waals surface area contributed by atoms with Crippen LogP contribution in [-0.2, 0) is 10.0 Å². The van der Waals surface area contributed by atoms with Crippen LogP contribution in [0.1, 0.15) is 48.7 Å². The van der Waals surface area contributed by atoms with Gasteiger partial charge in [0.25, 0.3) is 5.91 Å². The highest BCUT2D eigenvalue weighted by atomic mass is 32.2. The van der Waals surface area contributed by atoms with Crippen LogP contribution in [0.15, 0.2) is 59.5 Å². The lowest BCUT2D eigenvalue weighted by Gasteiger charge is -2.27. The lowest BCUT2D eigenvalue weighted by Crippen LogP contribution is -3.12. The van der Waals surface area contributed by atoms with Crippen molar-refractivity contribution in [3.8, 4) is 0 Å². The Morgan fingerprint density at radius 2 is 1.60 bits per heavy atom. The van der Waals surface area contributed by atoms with E-state index in [1.165, 1.54) is 26.9 Å². The Bertz CT molecular complexity index is 920. The standard InChI is InChI=1S/C23H31N3O3S/c1-3-25(4-2)22(19-10-6-5-7-11-19)18-24-23(27)20-12-14-21(15-13-20)30(28,29)26-16-8-9-17-26/h5-7,10-15,22H,3-4,8-9,16-18H2,1-2H3,(H,24,27)/p+1/t22-/m0/s1. The molecule has 0 unspecified atom stereocenters. The Labute approximate surface area is 179 Å². The molecule has 0 saturated carbocycles. The van der Waals surface area contributed by atoms with Gasteiger partial charge in [0.05, 0.1) is 24.5 Å². The number of hydrogen-bond donors (Lipinski definition) is 2. The van der Waals surface area contributed by atoms with E-state index in [0.29, 0.717) is 25.2 Å². The lowest BCUT2D eigenvalue weighted by atomic mass is 10.0. The molecule has 0 spiro atoms. The molecule has 0 bridgehead atoms. The molecule has 0 aliphatic carbocycles. The van der Waals surface area contributed by atoms with Crippen LogP contribution in [0.2, 0.25) is 0 Å². The van der Waals surface area contributed by atoms with Crippen LogP contribution < -0.4 is 10.2 Å². The molecule has 1 fully saturated rings. The molecule has 7 heteroatoms. The third-order valence-corrected chi connectivity index (χ3v) is 7.80. The van der Waals surface area contributed by atoms with Crippen molar-refractivity contribution in [3.05, 3.63) is 65.7 Å². The average Bonchev–Trinajstić information content (AvgIpc) is 3.33. The molecular formula is C23H32N3O3S+. The molecule has 30 heavy (non-hydrogen) atoms. The molecule has 1 saturated heterocycles. The Morgan fingerprint density at radius 3 is 2.17 bits per heavy atom. The molecule has 1 atom stereocenters. The molecule has 162 valence electrons. The van der Waals surface area contributed by atoms with Gasteiger partial charge in [0.1, 0.15) is 6.04 Å². The van der Waals surface area contributed by atoms with Gasteiger partial charge in [-0.1, -0.05) is 30.3 Å². The zero-order valence-electron chi connectivity index (χ0n) is 17.8. The van der Waals surface area contributed by atoms with Crippen molar-refractivity contribution in [3.63, 3.8) is 0 Å². The van der Waals surface area contributed by atoms with Crippen molar-refractivity contribution in [2.24, 2.45) is 0 Å². The van der Waals surface area contributed by atoms with E-state index in [1.807, 2.05) is 18.2 Å². The van der Waals surface area contributed by atoms with Crippen LogP contribution in [0.25, 0.3) is 0 Å². The van der Waals surface area contributed by atoms with E-state index in [4.69, 9.17) is 0 Å². The second-order valence-corrected chi connectivity index (χ2v) is 9.61. The van der Waals surface area contributed by atoms with Gasteiger partial charge >= 0.3 is 0 Å². The van der Waals surface area contributed by atoms with Crippen molar-refractivity contribution in [1.29, 1.82) is 0 Å². The molecule has 1 heterocycles. The number of carbonyl (C=O) groups is 1. The zero-order valence-corrected chi connectivity index (χ0v) is 18.6. The molecule has 1 aliphatic rings. The van der Waals surface area contributed by atoms with Crippen molar-refractivity contribution in [2.75, 3.05) is 32.7 Å². The van der Waals surface area contributed by atoms with Gasteiger partial charge in [-0.15, -0.1) is 0 Å². The van der Waals surface area contributed by atoms with E-state index < -0.39 is 10.0 Å². The van der Waals surface area contributed by atoms with E-state index in [0.717, 1.165) is 25.9 Å². The van der Waals surface area contributed by atoms with Gasteiger partial charge in [0.15, 0.2) is 0 Å². The smallest absolute Gasteiger partial charge is 0.251 e. The van der Waals surface area contributed by atoms with Crippen molar-refractivity contribution >= 4 is 15.9 Å². The Balaban J connectivity index is 1.69. The fourth-order valence-electron chi connectivity index (χ4n) is 4.08. The minimum Gasteiger partial charge on any atom is -0.346 e. The summed E-state index contributed by atoms with van der Waals surface area (Å²) in [5, 5.41) is 3.04. The summed E-state index contributed by atoms with van der Waals surface area (Å²) in [6.07, 6.45) is 1.80. The van der Waals surface area contributed by atoms with Gasteiger partial charge in [-0.05, 0) is 51.0 Å². The summed E-state index contributed by atoms with van der Waals surface area (Å²) in [6, 6.07) is 16.7. The maximum absolute atomic E-state index is 12.7. The summed E-state index contributed by atoms with van der Waals surface area (Å²) in [4.78, 5) is 14.4. The molecular weight excluding hydrogens is 398 g/mol. The molecule has 2 aromatic rings. The third-order valence-electron chi connectivity index (χ3n) is 5.89. The van der Waals surface area contributed by atoms with Gasteiger partial charge in [-0.25, -0.2) is 8.42 Å². The minimum atomic E-state index is -3.46. The van der Waals surface area contributed by atoms with E-state index in [2.05, 4.69) is 31.3 Å².